The van der Waals surface area contributed by atoms with Gasteiger partial charge < -0.3 is 14.6 Å². The molecule has 0 spiro atoms. The van der Waals surface area contributed by atoms with Crippen molar-refractivity contribution in [2.24, 2.45) is 5.14 Å². The first-order chi connectivity index (χ1) is 12.6. The van der Waals surface area contributed by atoms with Gasteiger partial charge in [-0.05, 0) is 38.1 Å². The Balaban J connectivity index is 1.87. The molecule has 0 bridgehead atoms. The van der Waals surface area contributed by atoms with Crippen LogP contribution in [0, 0.1) is 6.92 Å². The van der Waals surface area contributed by atoms with Gasteiger partial charge in [-0.2, -0.15) is 0 Å². The average molecular weight is 413 g/mol. The van der Waals surface area contributed by atoms with Crippen LogP contribution < -0.4 is 15.3 Å². The molecule has 0 saturated carbocycles. The fourth-order valence-electron chi connectivity index (χ4n) is 2.16. The van der Waals surface area contributed by atoms with Gasteiger partial charge in [-0.1, -0.05) is 11.3 Å². The Morgan fingerprint density at radius 2 is 1.93 bits per heavy atom. The molecule has 1 heterocycles. The minimum absolute atomic E-state index is 0.0435. The van der Waals surface area contributed by atoms with E-state index in [0.717, 1.165) is 17.0 Å². The van der Waals surface area contributed by atoms with Gasteiger partial charge in [0.2, 0.25) is 10.0 Å². The number of amides is 1. The lowest BCUT2D eigenvalue weighted by Crippen LogP contribution is -2.30. The number of anilines is 1. The van der Waals surface area contributed by atoms with Crippen molar-refractivity contribution in [2.45, 2.75) is 37.8 Å². The number of aromatic nitrogens is 1. The van der Waals surface area contributed by atoms with Crippen molar-refractivity contribution < 1.29 is 22.7 Å². The predicted octanol–water partition coefficient (Wildman–Crippen LogP) is 0.826. The van der Waals surface area contributed by atoms with E-state index in [1.807, 2.05) is 0 Å². The highest BCUT2D eigenvalue weighted by atomic mass is 32.2. The fraction of sp³-hybridized carbons (Fsp3) is 0.312. The van der Waals surface area contributed by atoms with Gasteiger partial charge in [-0.25, -0.2) is 13.6 Å². The zero-order valence-electron chi connectivity index (χ0n) is 14.7. The molecule has 0 aliphatic rings. The molecule has 2 aromatic rings. The molecule has 2 rings (SSSR count). The van der Waals surface area contributed by atoms with Crippen molar-refractivity contribution in [3.05, 3.63) is 45.0 Å². The quantitative estimate of drug-likeness (QED) is 0.645. The first-order valence-electron chi connectivity index (χ1n) is 7.86. The molecule has 0 aliphatic carbocycles. The molecule has 0 aliphatic heterocycles. The van der Waals surface area contributed by atoms with E-state index < -0.39 is 28.0 Å². The Morgan fingerprint density at radius 3 is 2.44 bits per heavy atom. The van der Waals surface area contributed by atoms with Crippen LogP contribution >= 0.6 is 11.3 Å². The van der Waals surface area contributed by atoms with E-state index in [1.165, 1.54) is 35.8 Å². The highest BCUT2D eigenvalue weighted by Crippen LogP contribution is 2.13. The lowest BCUT2D eigenvalue weighted by Gasteiger charge is -2.14. The summed E-state index contributed by atoms with van der Waals surface area (Å²) in [6.45, 7) is 3.35. The molecule has 0 fully saturated rings. The third kappa shape index (κ3) is 5.74. The summed E-state index contributed by atoms with van der Waals surface area (Å²) in [5, 5.41) is 9.21. The number of nitrogens with zero attached hydrogens (tertiary/aromatic N) is 1. The number of nitrogens with one attached hydrogen (secondary N) is 1. The number of esters is 1. The van der Waals surface area contributed by atoms with E-state index in [9.17, 15) is 22.8 Å². The number of carbonyl (C=O) groups excluding carboxylic acids is 2. The maximum atomic E-state index is 12.1. The van der Waals surface area contributed by atoms with Crippen molar-refractivity contribution in [3.63, 3.8) is 0 Å². The summed E-state index contributed by atoms with van der Waals surface area (Å²) in [6, 6.07) is 5.25. The molecule has 146 valence electrons. The number of nitrogens with two attached hydrogens (primary N) is 1. The molecular formula is C16H19N3O6S2. The second-order valence-corrected chi connectivity index (χ2v) is 8.12. The van der Waals surface area contributed by atoms with E-state index in [2.05, 4.69) is 5.32 Å². The second-order valence-electron chi connectivity index (χ2n) is 5.74. The minimum atomic E-state index is -3.82. The monoisotopic (exact) mass is 413 g/mol. The van der Waals surface area contributed by atoms with E-state index >= 15 is 0 Å². The SMILES string of the molecule is Cc1csc(=O)n1CCC(=O)O[C@@H](C)C(=O)Nc1ccc(S(N)(=O)=O)cc1. The van der Waals surface area contributed by atoms with Crippen molar-refractivity contribution >= 4 is 38.9 Å². The molecule has 1 aromatic carbocycles. The molecular weight excluding hydrogens is 394 g/mol. The number of ether oxygens (including phenoxy) is 1. The van der Waals surface area contributed by atoms with E-state index in [-0.39, 0.29) is 22.7 Å². The number of hydrogen-bond acceptors (Lipinski definition) is 7. The average Bonchev–Trinajstić information content (AvgIpc) is 2.90. The molecule has 0 saturated heterocycles. The van der Waals surface area contributed by atoms with Gasteiger partial charge in [0.15, 0.2) is 6.10 Å². The smallest absolute Gasteiger partial charge is 0.308 e. The van der Waals surface area contributed by atoms with Crippen LogP contribution in [0.5, 0.6) is 0 Å². The number of benzene rings is 1. The zero-order valence-corrected chi connectivity index (χ0v) is 16.3. The Morgan fingerprint density at radius 1 is 1.30 bits per heavy atom. The van der Waals surface area contributed by atoms with Gasteiger partial charge in [0.1, 0.15) is 0 Å². The van der Waals surface area contributed by atoms with Crippen LogP contribution in [0.15, 0.2) is 39.3 Å². The molecule has 0 unspecified atom stereocenters. The molecule has 1 atom stereocenters. The molecule has 1 amide bonds. The molecule has 3 N–H and O–H groups in total. The van der Waals surface area contributed by atoms with Crippen molar-refractivity contribution in [1.29, 1.82) is 0 Å². The van der Waals surface area contributed by atoms with Gasteiger partial charge in [0.05, 0.1) is 11.3 Å². The van der Waals surface area contributed by atoms with Gasteiger partial charge in [-0.3, -0.25) is 14.4 Å². The number of aryl methyl sites for hydroxylation is 1. The first-order valence-corrected chi connectivity index (χ1v) is 10.3. The summed E-state index contributed by atoms with van der Waals surface area (Å²) in [5.74, 6) is -1.18. The van der Waals surface area contributed by atoms with Crippen molar-refractivity contribution in [2.75, 3.05) is 5.32 Å². The number of thiazole rings is 1. The summed E-state index contributed by atoms with van der Waals surface area (Å²) < 4.78 is 28.9. The Hall–Kier alpha value is -2.50. The Labute approximate surface area is 159 Å². The van der Waals surface area contributed by atoms with Crippen LogP contribution in [0.4, 0.5) is 5.69 Å². The van der Waals surface area contributed by atoms with Gasteiger partial charge in [-0.15, -0.1) is 0 Å². The number of primary sulfonamides is 1. The second kappa shape index (κ2) is 8.46. The number of rotatable bonds is 7. The summed E-state index contributed by atoms with van der Waals surface area (Å²) in [7, 11) is -3.82. The largest absolute Gasteiger partial charge is 0.452 e. The number of carbonyl (C=O) groups is 2. The highest BCUT2D eigenvalue weighted by Gasteiger charge is 2.18. The fourth-order valence-corrected chi connectivity index (χ4v) is 3.44. The molecule has 1 aromatic heterocycles. The first kappa shape index (κ1) is 20.8. The summed E-state index contributed by atoms with van der Waals surface area (Å²) >= 11 is 1.05. The topological polar surface area (TPSA) is 138 Å². The number of sulfonamides is 1. The van der Waals surface area contributed by atoms with E-state index in [0.29, 0.717) is 5.69 Å². The maximum absolute atomic E-state index is 12.1. The molecule has 27 heavy (non-hydrogen) atoms. The Bertz CT molecular complexity index is 992. The molecule has 11 heteroatoms. The maximum Gasteiger partial charge on any atom is 0.308 e. The van der Waals surface area contributed by atoms with Crippen molar-refractivity contribution in [1.82, 2.24) is 4.57 Å². The van der Waals surface area contributed by atoms with Gasteiger partial charge in [0.25, 0.3) is 5.91 Å². The highest BCUT2D eigenvalue weighted by molar-refractivity contribution is 7.89. The van der Waals surface area contributed by atoms with Crippen LogP contribution in [0.1, 0.15) is 19.0 Å². The summed E-state index contributed by atoms with van der Waals surface area (Å²) in [5.41, 5.74) is 1.09. The standard InChI is InChI=1S/C16H19N3O6S2/c1-10-9-26-16(22)19(10)8-7-14(20)25-11(2)15(21)18-12-3-5-13(6-4-12)27(17,23)24/h3-6,9,11H,7-8H2,1-2H3,(H,18,21)(H2,17,23,24)/t11-/m0/s1. The normalized spacial score (nSPS) is 12.4. The molecule has 0 radical (unpaired) electrons. The van der Waals surface area contributed by atoms with Crippen LogP contribution in [-0.2, 0) is 30.9 Å². The lowest BCUT2D eigenvalue weighted by atomic mass is 10.3. The van der Waals surface area contributed by atoms with Gasteiger partial charge >= 0.3 is 10.8 Å². The van der Waals surface area contributed by atoms with Crippen LogP contribution in [-0.4, -0.2) is 31.0 Å². The van der Waals surface area contributed by atoms with Crippen molar-refractivity contribution in [3.8, 4) is 0 Å². The third-order valence-electron chi connectivity index (χ3n) is 3.64. The predicted molar refractivity (Wildman–Crippen MR) is 99.9 cm³/mol. The van der Waals surface area contributed by atoms with Crippen LogP contribution in [0.25, 0.3) is 0 Å². The zero-order chi connectivity index (χ0) is 20.2. The van der Waals surface area contributed by atoms with Crippen LogP contribution in [0.3, 0.4) is 0 Å². The Kier molecular flexibility index (Phi) is 6.52. The minimum Gasteiger partial charge on any atom is -0.452 e. The summed E-state index contributed by atoms with van der Waals surface area (Å²) in [6.07, 6.45) is -1.10. The molecule has 9 nitrogen and oxygen atoms in total. The van der Waals surface area contributed by atoms with E-state index in [1.54, 1.807) is 12.3 Å². The van der Waals surface area contributed by atoms with Gasteiger partial charge in [0, 0.05) is 23.3 Å². The lowest BCUT2D eigenvalue weighted by molar-refractivity contribution is -0.153. The van der Waals surface area contributed by atoms with E-state index in [4.69, 9.17) is 9.88 Å². The number of hydrogen-bond donors (Lipinski definition) is 2. The van der Waals surface area contributed by atoms with Crippen LogP contribution in [0.2, 0.25) is 0 Å². The third-order valence-corrected chi connectivity index (χ3v) is 5.45. The summed E-state index contributed by atoms with van der Waals surface area (Å²) in [4.78, 5) is 35.3.